The number of amides is 1. The van der Waals surface area contributed by atoms with Crippen LogP contribution in [0.4, 0.5) is 0 Å². The highest BCUT2D eigenvalue weighted by molar-refractivity contribution is 5.95. The van der Waals surface area contributed by atoms with Crippen LogP contribution in [0.1, 0.15) is 67.0 Å². The lowest BCUT2D eigenvalue weighted by molar-refractivity contribution is 0.0948. The van der Waals surface area contributed by atoms with Crippen molar-refractivity contribution in [1.82, 2.24) is 20.1 Å². The Balaban J connectivity index is 2.05. The molecule has 0 aromatic carbocycles. The molecule has 7 heteroatoms. The number of carbonyl (C=O) groups is 1. The van der Waals surface area contributed by atoms with Gasteiger partial charge < -0.3 is 14.3 Å². The third kappa shape index (κ3) is 4.55. The summed E-state index contributed by atoms with van der Waals surface area (Å²) in [6.45, 7) is 9.02. The van der Waals surface area contributed by atoms with Gasteiger partial charge in [0, 0.05) is 25.4 Å². The Labute approximate surface area is 147 Å². The molecule has 0 bridgehead atoms. The van der Waals surface area contributed by atoms with Crippen molar-refractivity contribution < 1.29 is 9.21 Å². The molecule has 0 spiro atoms. The van der Waals surface area contributed by atoms with Gasteiger partial charge in [-0.15, -0.1) is 10.2 Å². The Hall–Kier alpha value is -2.44. The number of rotatable bonds is 8. The van der Waals surface area contributed by atoms with E-state index in [9.17, 15) is 9.59 Å². The summed E-state index contributed by atoms with van der Waals surface area (Å²) in [7, 11) is 0. The van der Waals surface area contributed by atoms with Gasteiger partial charge in [-0.05, 0) is 31.9 Å². The van der Waals surface area contributed by atoms with Crippen molar-refractivity contribution in [2.24, 2.45) is 0 Å². The average Bonchev–Trinajstić information content (AvgIpc) is 3.02. The van der Waals surface area contributed by atoms with Crippen LogP contribution in [-0.4, -0.2) is 27.2 Å². The molecule has 1 amide bonds. The number of hydrogen-bond donors (Lipinski definition) is 1. The standard InChI is InChI=1S/C18H26N4O3/c1-5-7-12(3)14-10-13(4)16(18(24)25-14)17(23)19-9-8-15-21-20-11-22(15)6-2/h10-12H,5-9H2,1-4H3,(H,19,23). The molecule has 2 aromatic heterocycles. The first-order chi connectivity index (χ1) is 12.0. The van der Waals surface area contributed by atoms with Crippen LogP contribution in [0.5, 0.6) is 0 Å². The molecule has 1 atom stereocenters. The molecule has 2 rings (SSSR count). The van der Waals surface area contributed by atoms with E-state index in [0.29, 0.717) is 24.3 Å². The lowest BCUT2D eigenvalue weighted by Gasteiger charge is -2.12. The molecule has 1 unspecified atom stereocenters. The topological polar surface area (TPSA) is 90.0 Å². The molecule has 2 heterocycles. The monoisotopic (exact) mass is 346 g/mol. The quantitative estimate of drug-likeness (QED) is 0.793. The van der Waals surface area contributed by atoms with Gasteiger partial charge in [0.1, 0.15) is 23.5 Å². The van der Waals surface area contributed by atoms with Crippen LogP contribution in [0.15, 0.2) is 21.6 Å². The summed E-state index contributed by atoms with van der Waals surface area (Å²) in [5, 5.41) is 10.6. The fourth-order valence-electron chi connectivity index (χ4n) is 2.84. The molecule has 2 aromatic rings. The predicted octanol–water partition coefficient (Wildman–Crippen LogP) is 2.44. The van der Waals surface area contributed by atoms with E-state index in [1.807, 2.05) is 18.4 Å². The summed E-state index contributed by atoms with van der Waals surface area (Å²) < 4.78 is 7.28. The Kier molecular flexibility index (Phi) is 6.50. The normalized spacial score (nSPS) is 12.2. The van der Waals surface area contributed by atoms with Crippen LogP contribution >= 0.6 is 0 Å². The third-order valence-electron chi connectivity index (χ3n) is 4.27. The maximum Gasteiger partial charge on any atom is 0.349 e. The second-order valence-corrected chi connectivity index (χ2v) is 6.22. The minimum Gasteiger partial charge on any atom is -0.427 e. The summed E-state index contributed by atoms with van der Waals surface area (Å²) in [5.41, 5.74) is 0.139. The van der Waals surface area contributed by atoms with E-state index < -0.39 is 11.5 Å². The van der Waals surface area contributed by atoms with Gasteiger partial charge in [0.05, 0.1) is 0 Å². The van der Waals surface area contributed by atoms with Crippen molar-refractivity contribution in [1.29, 1.82) is 0 Å². The van der Waals surface area contributed by atoms with E-state index in [-0.39, 0.29) is 11.5 Å². The van der Waals surface area contributed by atoms with E-state index >= 15 is 0 Å². The van der Waals surface area contributed by atoms with E-state index in [2.05, 4.69) is 22.4 Å². The Bertz CT molecular complexity index is 779. The van der Waals surface area contributed by atoms with Gasteiger partial charge in [-0.3, -0.25) is 4.79 Å². The molecular formula is C18H26N4O3. The molecule has 0 saturated carbocycles. The number of nitrogens with zero attached hydrogens (tertiary/aromatic N) is 3. The second-order valence-electron chi connectivity index (χ2n) is 6.22. The maximum atomic E-state index is 12.4. The fourth-order valence-corrected chi connectivity index (χ4v) is 2.84. The summed E-state index contributed by atoms with van der Waals surface area (Å²) >= 11 is 0. The zero-order valence-corrected chi connectivity index (χ0v) is 15.3. The number of aryl methyl sites for hydroxylation is 2. The molecular weight excluding hydrogens is 320 g/mol. The van der Waals surface area contributed by atoms with E-state index in [0.717, 1.165) is 25.2 Å². The summed E-state index contributed by atoms with van der Waals surface area (Å²) in [6, 6.07) is 1.80. The number of carbonyl (C=O) groups excluding carboxylic acids is 1. The number of aromatic nitrogens is 3. The van der Waals surface area contributed by atoms with Gasteiger partial charge >= 0.3 is 5.63 Å². The van der Waals surface area contributed by atoms with Crippen LogP contribution < -0.4 is 10.9 Å². The molecule has 0 radical (unpaired) electrons. The minimum absolute atomic E-state index is 0.0735. The van der Waals surface area contributed by atoms with Crippen molar-refractivity contribution in [2.75, 3.05) is 6.54 Å². The van der Waals surface area contributed by atoms with Crippen LogP contribution in [0.2, 0.25) is 0 Å². The summed E-state index contributed by atoms with van der Waals surface area (Å²) in [6.07, 6.45) is 4.16. The van der Waals surface area contributed by atoms with Crippen molar-refractivity contribution in [3.8, 4) is 0 Å². The molecule has 1 N–H and O–H groups in total. The molecule has 25 heavy (non-hydrogen) atoms. The number of hydrogen-bond acceptors (Lipinski definition) is 5. The fraction of sp³-hybridized carbons (Fsp3) is 0.556. The van der Waals surface area contributed by atoms with Gasteiger partial charge in [0.2, 0.25) is 0 Å². The van der Waals surface area contributed by atoms with Crippen LogP contribution in [0.25, 0.3) is 0 Å². The third-order valence-corrected chi connectivity index (χ3v) is 4.27. The maximum absolute atomic E-state index is 12.4. The summed E-state index contributed by atoms with van der Waals surface area (Å²) in [5.74, 6) is 1.18. The Morgan fingerprint density at radius 1 is 1.40 bits per heavy atom. The number of nitrogens with one attached hydrogen (secondary N) is 1. The molecule has 0 aliphatic rings. The lowest BCUT2D eigenvalue weighted by atomic mass is 10.0. The van der Waals surface area contributed by atoms with E-state index in [1.165, 1.54) is 0 Å². The van der Waals surface area contributed by atoms with Crippen LogP contribution in [0.3, 0.4) is 0 Å². The first-order valence-electron chi connectivity index (χ1n) is 8.77. The highest BCUT2D eigenvalue weighted by Crippen LogP contribution is 2.21. The Morgan fingerprint density at radius 3 is 2.80 bits per heavy atom. The smallest absolute Gasteiger partial charge is 0.349 e. The second kappa shape index (κ2) is 8.60. The summed E-state index contributed by atoms with van der Waals surface area (Å²) in [4.78, 5) is 24.6. The lowest BCUT2D eigenvalue weighted by Crippen LogP contribution is -2.31. The first kappa shape index (κ1) is 18.9. The molecule has 7 nitrogen and oxygen atoms in total. The van der Waals surface area contributed by atoms with E-state index in [1.54, 1.807) is 19.3 Å². The Morgan fingerprint density at radius 2 is 2.16 bits per heavy atom. The van der Waals surface area contributed by atoms with Gasteiger partial charge in [0.15, 0.2) is 0 Å². The van der Waals surface area contributed by atoms with Gasteiger partial charge in [0.25, 0.3) is 5.91 Å². The highest BCUT2D eigenvalue weighted by atomic mass is 16.4. The van der Waals surface area contributed by atoms with E-state index in [4.69, 9.17) is 4.42 Å². The largest absolute Gasteiger partial charge is 0.427 e. The highest BCUT2D eigenvalue weighted by Gasteiger charge is 2.18. The molecule has 0 aliphatic heterocycles. The minimum atomic E-state index is -0.577. The SMILES string of the molecule is CCCC(C)c1cc(C)c(C(=O)NCCc2nncn2CC)c(=O)o1. The van der Waals surface area contributed by atoms with Crippen molar-refractivity contribution in [2.45, 2.75) is 59.4 Å². The van der Waals surface area contributed by atoms with Crippen LogP contribution in [0, 0.1) is 6.92 Å². The van der Waals surface area contributed by atoms with Crippen molar-refractivity contribution >= 4 is 5.91 Å². The molecule has 0 aliphatic carbocycles. The predicted molar refractivity (Wildman–Crippen MR) is 94.8 cm³/mol. The van der Waals surface area contributed by atoms with Gasteiger partial charge in [-0.2, -0.15) is 0 Å². The van der Waals surface area contributed by atoms with Crippen LogP contribution in [-0.2, 0) is 13.0 Å². The molecule has 0 fully saturated rings. The average molecular weight is 346 g/mol. The van der Waals surface area contributed by atoms with Crippen molar-refractivity contribution in [3.63, 3.8) is 0 Å². The molecule has 0 saturated heterocycles. The first-order valence-corrected chi connectivity index (χ1v) is 8.77. The zero-order valence-electron chi connectivity index (χ0n) is 15.3. The van der Waals surface area contributed by atoms with Gasteiger partial charge in [-0.1, -0.05) is 20.3 Å². The van der Waals surface area contributed by atoms with Gasteiger partial charge in [-0.25, -0.2) is 4.79 Å². The zero-order chi connectivity index (χ0) is 18.4. The molecule has 136 valence electrons. The van der Waals surface area contributed by atoms with Crippen molar-refractivity contribution in [3.05, 3.63) is 45.5 Å².